The van der Waals surface area contributed by atoms with Gasteiger partial charge in [-0.3, -0.25) is 4.79 Å². The molecule has 1 atom stereocenters. The molecule has 7 heteroatoms. The fourth-order valence-corrected chi connectivity index (χ4v) is 1.85. The molecular weight excluding hydrogens is 236 g/mol. The Labute approximate surface area is 104 Å². The number of rotatable bonds is 3. The SMILES string of the molecule is N#Cc1cnc(N2CCOCC2CC(=O)O)cn1. The maximum atomic E-state index is 10.8. The molecule has 0 saturated carbocycles. The Kier molecular flexibility index (Phi) is 3.69. The average Bonchev–Trinajstić information content (AvgIpc) is 2.39. The highest BCUT2D eigenvalue weighted by atomic mass is 16.5. The zero-order chi connectivity index (χ0) is 13.0. The van der Waals surface area contributed by atoms with Gasteiger partial charge in [-0.15, -0.1) is 0 Å². The number of hydrogen-bond donors (Lipinski definition) is 1. The van der Waals surface area contributed by atoms with Gasteiger partial charge in [-0.1, -0.05) is 0 Å². The highest BCUT2D eigenvalue weighted by Gasteiger charge is 2.26. The number of carboxylic acids is 1. The number of morpholine rings is 1. The van der Waals surface area contributed by atoms with Gasteiger partial charge in [0.05, 0.1) is 38.1 Å². The standard InChI is InChI=1S/C11H12N4O3/c12-4-8-5-14-10(6-13-8)15-1-2-18-7-9(15)3-11(16)17/h5-6,9H,1-3,7H2,(H,16,17). The van der Waals surface area contributed by atoms with Gasteiger partial charge in [0.25, 0.3) is 0 Å². The van der Waals surface area contributed by atoms with Gasteiger partial charge in [0.2, 0.25) is 0 Å². The van der Waals surface area contributed by atoms with Gasteiger partial charge in [0.15, 0.2) is 5.69 Å². The first-order valence-electron chi connectivity index (χ1n) is 5.49. The van der Waals surface area contributed by atoms with Crippen molar-refractivity contribution in [3.8, 4) is 6.07 Å². The van der Waals surface area contributed by atoms with E-state index in [0.29, 0.717) is 25.6 Å². The van der Waals surface area contributed by atoms with Gasteiger partial charge in [0.1, 0.15) is 11.9 Å². The number of anilines is 1. The molecule has 1 saturated heterocycles. The van der Waals surface area contributed by atoms with Crippen molar-refractivity contribution in [1.29, 1.82) is 5.26 Å². The quantitative estimate of drug-likeness (QED) is 0.805. The van der Waals surface area contributed by atoms with E-state index >= 15 is 0 Å². The Balaban J connectivity index is 2.17. The molecule has 0 amide bonds. The molecule has 2 heterocycles. The zero-order valence-corrected chi connectivity index (χ0v) is 9.61. The lowest BCUT2D eigenvalue weighted by molar-refractivity contribution is -0.138. The lowest BCUT2D eigenvalue weighted by Gasteiger charge is -2.35. The molecule has 1 fully saturated rings. The van der Waals surface area contributed by atoms with E-state index in [0.717, 1.165) is 0 Å². The summed E-state index contributed by atoms with van der Waals surface area (Å²) in [6, 6.07) is 1.64. The first kappa shape index (κ1) is 12.3. The summed E-state index contributed by atoms with van der Waals surface area (Å²) in [4.78, 5) is 20.7. The molecule has 0 aromatic carbocycles. The minimum atomic E-state index is -0.878. The Morgan fingerprint density at radius 1 is 1.61 bits per heavy atom. The van der Waals surface area contributed by atoms with Crippen molar-refractivity contribution in [2.75, 3.05) is 24.7 Å². The van der Waals surface area contributed by atoms with Gasteiger partial charge in [-0.2, -0.15) is 5.26 Å². The molecule has 2 rings (SSSR count). The second-order valence-electron chi connectivity index (χ2n) is 3.89. The second-order valence-corrected chi connectivity index (χ2v) is 3.89. The van der Waals surface area contributed by atoms with E-state index in [-0.39, 0.29) is 18.2 Å². The van der Waals surface area contributed by atoms with E-state index in [4.69, 9.17) is 15.1 Å². The van der Waals surface area contributed by atoms with E-state index in [1.54, 1.807) is 0 Å². The van der Waals surface area contributed by atoms with Crippen LogP contribution in [0.25, 0.3) is 0 Å². The molecule has 0 spiro atoms. The van der Waals surface area contributed by atoms with Crippen LogP contribution < -0.4 is 4.90 Å². The van der Waals surface area contributed by atoms with E-state index < -0.39 is 5.97 Å². The summed E-state index contributed by atoms with van der Waals surface area (Å²) in [5, 5.41) is 17.5. The van der Waals surface area contributed by atoms with Gasteiger partial charge in [-0.05, 0) is 0 Å². The van der Waals surface area contributed by atoms with Crippen molar-refractivity contribution in [3.63, 3.8) is 0 Å². The molecule has 1 N–H and O–H groups in total. The van der Waals surface area contributed by atoms with E-state index in [1.165, 1.54) is 12.4 Å². The second kappa shape index (κ2) is 5.42. The lowest BCUT2D eigenvalue weighted by atomic mass is 10.1. The highest BCUT2D eigenvalue weighted by molar-refractivity contribution is 5.68. The summed E-state index contributed by atoms with van der Waals surface area (Å²) < 4.78 is 5.27. The molecule has 7 nitrogen and oxygen atoms in total. The number of carboxylic acid groups (broad SMARTS) is 1. The predicted octanol–water partition coefficient (Wildman–Crippen LogP) is 0.0282. The van der Waals surface area contributed by atoms with Crippen LogP contribution in [0.2, 0.25) is 0 Å². The molecule has 1 aliphatic rings. The largest absolute Gasteiger partial charge is 0.481 e. The molecule has 0 aliphatic carbocycles. The number of carbonyl (C=O) groups is 1. The van der Waals surface area contributed by atoms with Crippen LogP contribution >= 0.6 is 0 Å². The molecule has 1 aliphatic heterocycles. The van der Waals surface area contributed by atoms with Crippen LogP contribution in [0.3, 0.4) is 0 Å². The van der Waals surface area contributed by atoms with Gasteiger partial charge < -0.3 is 14.7 Å². The summed E-state index contributed by atoms with van der Waals surface area (Å²) in [5.74, 6) is -0.305. The molecule has 0 radical (unpaired) electrons. The minimum Gasteiger partial charge on any atom is -0.481 e. The number of aromatic nitrogens is 2. The topological polar surface area (TPSA) is 99.3 Å². The van der Waals surface area contributed by atoms with Gasteiger partial charge in [-0.25, -0.2) is 9.97 Å². The van der Waals surface area contributed by atoms with Crippen LogP contribution in [0.1, 0.15) is 12.1 Å². The fourth-order valence-electron chi connectivity index (χ4n) is 1.85. The number of nitrogens with zero attached hydrogens (tertiary/aromatic N) is 4. The van der Waals surface area contributed by atoms with Crippen LogP contribution in [0.5, 0.6) is 0 Å². The number of aliphatic carboxylic acids is 1. The monoisotopic (exact) mass is 248 g/mol. The normalized spacial score (nSPS) is 19.3. The van der Waals surface area contributed by atoms with Crippen molar-refractivity contribution in [1.82, 2.24) is 9.97 Å². The first-order valence-corrected chi connectivity index (χ1v) is 5.49. The Hall–Kier alpha value is -2.20. The average molecular weight is 248 g/mol. The fraction of sp³-hybridized carbons (Fsp3) is 0.455. The zero-order valence-electron chi connectivity index (χ0n) is 9.61. The number of ether oxygens (including phenoxy) is 1. The highest BCUT2D eigenvalue weighted by Crippen LogP contribution is 2.18. The maximum Gasteiger partial charge on any atom is 0.305 e. The van der Waals surface area contributed by atoms with Crippen molar-refractivity contribution in [2.45, 2.75) is 12.5 Å². The Morgan fingerprint density at radius 2 is 2.44 bits per heavy atom. The van der Waals surface area contributed by atoms with E-state index in [2.05, 4.69) is 9.97 Å². The Bertz CT molecular complexity index is 468. The summed E-state index contributed by atoms with van der Waals surface area (Å²) in [7, 11) is 0. The van der Waals surface area contributed by atoms with Crippen LogP contribution in [-0.4, -0.2) is 46.8 Å². The lowest BCUT2D eigenvalue weighted by Crippen LogP contribution is -2.47. The third kappa shape index (κ3) is 2.73. The van der Waals surface area contributed by atoms with Crippen molar-refractivity contribution < 1.29 is 14.6 Å². The first-order chi connectivity index (χ1) is 8.70. The third-order valence-electron chi connectivity index (χ3n) is 2.68. The van der Waals surface area contributed by atoms with Crippen molar-refractivity contribution in [3.05, 3.63) is 18.1 Å². The summed E-state index contributed by atoms with van der Waals surface area (Å²) in [6.45, 7) is 1.45. The van der Waals surface area contributed by atoms with Crippen LogP contribution in [0.15, 0.2) is 12.4 Å². The van der Waals surface area contributed by atoms with Crippen molar-refractivity contribution >= 4 is 11.8 Å². The summed E-state index contributed by atoms with van der Waals surface area (Å²) in [5.41, 5.74) is 0.238. The molecule has 0 bridgehead atoms. The van der Waals surface area contributed by atoms with E-state index in [9.17, 15) is 4.79 Å². The van der Waals surface area contributed by atoms with Crippen LogP contribution in [-0.2, 0) is 9.53 Å². The van der Waals surface area contributed by atoms with E-state index in [1.807, 2.05) is 11.0 Å². The number of hydrogen-bond acceptors (Lipinski definition) is 6. The van der Waals surface area contributed by atoms with Crippen LogP contribution in [0, 0.1) is 11.3 Å². The van der Waals surface area contributed by atoms with Crippen LogP contribution in [0.4, 0.5) is 5.82 Å². The molecule has 1 aromatic heterocycles. The minimum absolute atomic E-state index is 0.0122. The molecule has 1 aromatic rings. The van der Waals surface area contributed by atoms with Gasteiger partial charge >= 0.3 is 5.97 Å². The third-order valence-corrected chi connectivity index (χ3v) is 2.68. The van der Waals surface area contributed by atoms with Crippen molar-refractivity contribution in [2.24, 2.45) is 0 Å². The summed E-state index contributed by atoms with van der Waals surface area (Å²) >= 11 is 0. The molecular formula is C11H12N4O3. The predicted molar refractivity (Wildman–Crippen MR) is 61.0 cm³/mol. The van der Waals surface area contributed by atoms with Gasteiger partial charge in [0, 0.05) is 6.54 Å². The molecule has 1 unspecified atom stereocenters. The number of nitriles is 1. The molecule has 18 heavy (non-hydrogen) atoms. The molecule has 94 valence electrons. The summed E-state index contributed by atoms with van der Waals surface area (Å²) in [6.07, 6.45) is 2.85. The smallest absolute Gasteiger partial charge is 0.305 e. The maximum absolute atomic E-state index is 10.8. The Morgan fingerprint density at radius 3 is 3.06 bits per heavy atom.